The second kappa shape index (κ2) is 8.84. The number of aromatic nitrogens is 6. The highest BCUT2D eigenvalue weighted by Crippen LogP contribution is 2.33. The summed E-state index contributed by atoms with van der Waals surface area (Å²) in [6.45, 7) is 5.01. The minimum absolute atomic E-state index is 0.0240. The maximum absolute atomic E-state index is 12.9. The van der Waals surface area contributed by atoms with Crippen molar-refractivity contribution in [1.29, 1.82) is 0 Å². The van der Waals surface area contributed by atoms with E-state index < -0.39 is 15.4 Å². The molecular formula is C24H29N7O4S. The van der Waals surface area contributed by atoms with E-state index in [4.69, 9.17) is 4.74 Å². The van der Waals surface area contributed by atoms with Crippen molar-refractivity contribution < 1.29 is 17.9 Å². The van der Waals surface area contributed by atoms with Crippen LogP contribution in [0.4, 0.5) is 0 Å². The monoisotopic (exact) mass is 511 g/mol. The third-order valence-electron chi connectivity index (χ3n) is 6.79. The van der Waals surface area contributed by atoms with Crippen LogP contribution in [0, 0.1) is 6.92 Å². The second-order valence-corrected chi connectivity index (χ2v) is 11.7. The van der Waals surface area contributed by atoms with Crippen molar-refractivity contribution >= 4 is 26.8 Å². The first kappa shape index (κ1) is 24.2. The number of carbonyl (C=O) groups excluding carboxylic acids is 1. The fraction of sp³-hybridized carbons (Fsp3) is 0.458. The van der Waals surface area contributed by atoms with Gasteiger partial charge in [0.05, 0.1) is 22.3 Å². The maximum Gasteiger partial charge on any atom is 0.272 e. The van der Waals surface area contributed by atoms with Crippen molar-refractivity contribution in [1.82, 2.24) is 34.4 Å². The van der Waals surface area contributed by atoms with Crippen molar-refractivity contribution in [3.8, 4) is 5.88 Å². The van der Waals surface area contributed by atoms with Crippen LogP contribution in [0.15, 0.2) is 41.7 Å². The molecule has 1 atom stereocenters. The van der Waals surface area contributed by atoms with Crippen molar-refractivity contribution in [2.75, 3.05) is 19.3 Å². The smallest absolute Gasteiger partial charge is 0.272 e. The molecule has 4 heterocycles. The van der Waals surface area contributed by atoms with Crippen LogP contribution >= 0.6 is 0 Å². The van der Waals surface area contributed by atoms with E-state index in [2.05, 4.69) is 20.2 Å². The maximum atomic E-state index is 12.9. The summed E-state index contributed by atoms with van der Waals surface area (Å²) in [5.74, 6) is 0.429. The molecule has 36 heavy (non-hydrogen) atoms. The van der Waals surface area contributed by atoms with Gasteiger partial charge < -0.3 is 9.64 Å². The minimum Gasteiger partial charge on any atom is -0.474 e. The number of allylic oxidation sites excluding steroid dienone is 3. The highest BCUT2D eigenvalue weighted by atomic mass is 32.2. The quantitative estimate of drug-likeness (QED) is 0.510. The summed E-state index contributed by atoms with van der Waals surface area (Å²) in [5.41, 5.74) is 1.44. The van der Waals surface area contributed by atoms with Crippen molar-refractivity contribution in [3.63, 3.8) is 0 Å². The lowest BCUT2D eigenvalue weighted by Crippen LogP contribution is -2.42. The zero-order valence-electron chi connectivity index (χ0n) is 20.7. The summed E-state index contributed by atoms with van der Waals surface area (Å²) < 4.78 is 33.4. The lowest BCUT2D eigenvalue weighted by atomic mass is 9.94. The molecule has 0 N–H and O–H groups in total. The van der Waals surface area contributed by atoms with Crippen LogP contribution in [0.5, 0.6) is 5.88 Å². The zero-order valence-corrected chi connectivity index (χ0v) is 21.6. The number of hydrogen-bond acceptors (Lipinski definition) is 8. The van der Waals surface area contributed by atoms with Gasteiger partial charge in [-0.25, -0.2) is 23.1 Å². The van der Waals surface area contributed by atoms with Crippen molar-refractivity contribution in [3.05, 3.63) is 53.1 Å². The third kappa shape index (κ3) is 4.41. The van der Waals surface area contributed by atoms with Gasteiger partial charge in [0.2, 0.25) is 5.88 Å². The number of nitrogens with zero attached hydrogens (tertiary/aromatic N) is 7. The van der Waals surface area contributed by atoms with Crippen LogP contribution in [-0.4, -0.2) is 74.2 Å². The first-order chi connectivity index (χ1) is 17.0. The van der Waals surface area contributed by atoms with Gasteiger partial charge in [0, 0.05) is 39.2 Å². The fourth-order valence-electron chi connectivity index (χ4n) is 4.73. The van der Waals surface area contributed by atoms with E-state index >= 15 is 0 Å². The van der Waals surface area contributed by atoms with Crippen LogP contribution in [0.25, 0.3) is 11.0 Å². The molecule has 0 aromatic carbocycles. The number of amides is 1. The molecule has 12 heteroatoms. The number of piperidine rings is 1. The Bertz CT molecular complexity index is 1500. The summed E-state index contributed by atoms with van der Waals surface area (Å²) in [7, 11) is -1.49. The van der Waals surface area contributed by atoms with Gasteiger partial charge >= 0.3 is 0 Å². The van der Waals surface area contributed by atoms with Crippen molar-refractivity contribution in [2.45, 2.75) is 44.8 Å². The number of carbonyl (C=O) groups is 1. The molecule has 1 aliphatic heterocycles. The Labute approximate surface area is 209 Å². The molecule has 190 valence electrons. The first-order valence-corrected chi connectivity index (χ1v) is 13.7. The van der Waals surface area contributed by atoms with Gasteiger partial charge in [0.25, 0.3) is 5.91 Å². The summed E-state index contributed by atoms with van der Waals surface area (Å²) >= 11 is 0. The Morgan fingerprint density at radius 1 is 1.22 bits per heavy atom. The van der Waals surface area contributed by atoms with Crippen LogP contribution < -0.4 is 4.74 Å². The average molecular weight is 512 g/mol. The molecule has 1 fully saturated rings. The number of fused-ring (bicyclic) bond motifs is 1. The summed E-state index contributed by atoms with van der Waals surface area (Å²) in [5, 5.41) is 9.51. The number of hydrogen-bond donors (Lipinski definition) is 0. The minimum atomic E-state index is -3.27. The van der Waals surface area contributed by atoms with Crippen LogP contribution in [0.2, 0.25) is 0 Å². The third-order valence-corrected chi connectivity index (χ3v) is 7.95. The molecule has 0 radical (unpaired) electrons. The van der Waals surface area contributed by atoms with Gasteiger partial charge in [-0.3, -0.25) is 9.48 Å². The van der Waals surface area contributed by atoms with E-state index in [0.717, 1.165) is 5.69 Å². The molecule has 1 unspecified atom stereocenters. The first-order valence-electron chi connectivity index (χ1n) is 11.8. The molecule has 1 saturated heterocycles. The van der Waals surface area contributed by atoms with Crippen molar-refractivity contribution in [2.24, 2.45) is 7.05 Å². The van der Waals surface area contributed by atoms with Gasteiger partial charge in [0.1, 0.15) is 23.5 Å². The molecule has 11 nitrogen and oxygen atoms in total. The Kier molecular flexibility index (Phi) is 5.93. The van der Waals surface area contributed by atoms with Gasteiger partial charge in [-0.15, -0.1) is 0 Å². The molecule has 3 aromatic heterocycles. The van der Waals surface area contributed by atoms with E-state index in [1.165, 1.54) is 12.6 Å². The van der Waals surface area contributed by atoms with Gasteiger partial charge in [-0.05, 0) is 32.4 Å². The lowest BCUT2D eigenvalue weighted by Gasteiger charge is -2.32. The SMILES string of the molecule is Cc1cc(C(=O)N2CCC(Oc3ncnc4c3cnn4C3(C)C=CC(S(C)(=O)=O)=CC3)CC2)n(C)n1. The fourth-order valence-corrected chi connectivity index (χ4v) is 5.44. The van der Waals surface area contributed by atoms with E-state index in [0.29, 0.717) is 59.9 Å². The molecule has 0 saturated carbocycles. The number of sulfone groups is 1. The molecular weight excluding hydrogens is 482 g/mol. The predicted molar refractivity (Wildman–Crippen MR) is 133 cm³/mol. The van der Waals surface area contributed by atoms with E-state index in [9.17, 15) is 13.2 Å². The molecule has 0 spiro atoms. The van der Waals surface area contributed by atoms with Gasteiger partial charge in [-0.2, -0.15) is 10.2 Å². The molecule has 0 bridgehead atoms. The summed E-state index contributed by atoms with van der Waals surface area (Å²) in [6.07, 6.45) is 11.2. The van der Waals surface area contributed by atoms with E-state index in [1.54, 1.807) is 40.8 Å². The molecule has 1 amide bonds. The largest absolute Gasteiger partial charge is 0.474 e. The number of ether oxygens (including phenoxy) is 1. The molecule has 1 aliphatic carbocycles. The normalized spacial score (nSPS) is 21.1. The van der Waals surface area contributed by atoms with Gasteiger partial charge in [-0.1, -0.05) is 12.2 Å². The topological polar surface area (TPSA) is 125 Å². The summed E-state index contributed by atoms with van der Waals surface area (Å²) in [4.78, 5) is 23.8. The van der Waals surface area contributed by atoms with Gasteiger partial charge in [0.15, 0.2) is 15.5 Å². The Morgan fingerprint density at radius 3 is 2.58 bits per heavy atom. The lowest BCUT2D eigenvalue weighted by molar-refractivity contribution is 0.0580. The molecule has 5 rings (SSSR count). The highest BCUT2D eigenvalue weighted by Gasteiger charge is 2.31. The number of rotatable bonds is 5. The van der Waals surface area contributed by atoms with E-state index in [1.807, 2.05) is 24.8 Å². The van der Waals surface area contributed by atoms with Crippen LogP contribution in [0.1, 0.15) is 42.4 Å². The Hall–Kier alpha value is -3.54. The predicted octanol–water partition coefficient (Wildman–Crippen LogP) is 2.16. The standard InChI is InChI=1S/C24H29N7O4S/c1-16-13-20(29(3)28-16)23(32)30-11-7-17(8-12-30)35-22-19-14-27-31(21(19)25-15-26-22)24(2)9-5-18(6-10-24)36(4,33)34/h5-6,9,13-15,17H,7-8,10-12H2,1-4H3. The number of likely N-dealkylation sites (tertiary alicyclic amines) is 1. The Morgan fingerprint density at radius 2 is 1.97 bits per heavy atom. The van der Waals surface area contributed by atoms with E-state index in [-0.39, 0.29) is 12.0 Å². The second-order valence-electron chi connectivity index (χ2n) is 9.65. The molecule has 2 aliphatic rings. The summed E-state index contributed by atoms with van der Waals surface area (Å²) in [6, 6.07) is 1.81. The molecule has 3 aromatic rings. The Balaban J connectivity index is 1.29. The number of aryl methyl sites for hydroxylation is 2. The van der Waals surface area contributed by atoms with Crippen LogP contribution in [0.3, 0.4) is 0 Å². The average Bonchev–Trinajstić information content (AvgIpc) is 3.42. The highest BCUT2D eigenvalue weighted by molar-refractivity contribution is 7.94. The zero-order chi connectivity index (χ0) is 25.7. The van der Waals surface area contributed by atoms with Crippen LogP contribution in [-0.2, 0) is 22.4 Å².